The van der Waals surface area contributed by atoms with Gasteiger partial charge in [-0.15, -0.1) is 0 Å². The molecule has 30 heavy (non-hydrogen) atoms. The fourth-order valence-corrected chi connectivity index (χ4v) is 4.45. The number of ether oxygens (including phenoxy) is 3. The Labute approximate surface area is 179 Å². The van der Waals surface area contributed by atoms with Crippen LogP contribution in [0.3, 0.4) is 0 Å². The van der Waals surface area contributed by atoms with Crippen LogP contribution in [0.4, 0.5) is 0 Å². The number of benzene rings is 1. The van der Waals surface area contributed by atoms with Gasteiger partial charge in [-0.25, -0.2) is 0 Å². The molecule has 1 aromatic rings. The number of hydrogen-bond acceptors (Lipinski definition) is 5. The van der Waals surface area contributed by atoms with Crippen LogP contribution < -0.4 is 14.2 Å². The molecular weight excluding hydrogens is 384 g/mol. The van der Waals surface area contributed by atoms with Crippen molar-refractivity contribution in [3.05, 3.63) is 17.7 Å². The lowest BCUT2D eigenvalue weighted by molar-refractivity contribution is -0.140. The molecule has 0 atom stereocenters. The number of nitrogens with zero attached hydrogens (tertiary/aromatic N) is 2. The van der Waals surface area contributed by atoms with Crippen LogP contribution in [-0.4, -0.2) is 69.1 Å². The van der Waals surface area contributed by atoms with Crippen molar-refractivity contribution in [3.63, 3.8) is 0 Å². The molecule has 0 radical (unpaired) electrons. The molecule has 1 aromatic carbocycles. The molecule has 2 heterocycles. The maximum atomic E-state index is 12.9. The summed E-state index contributed by atoms with van der Waals surface area (Å²) in [6.07, 6.45) is 6.42. The lowest BCUT2D eigenvalue weighted by Gasteiger charge is -2.34. The largest absolute Gasteiger partial charge is 0.493 e. The van der Waals surface area contributed by atoms with Crippen LogP contribution in [0.25, 0.3) is 0 Å². The van der Waals surface area contributed by atoms with Crippen molar-refractivity contribution in [2.24, 2.45) is 5.92 Å². The number of amides is 2. The number of carbonyl (C=O) groups is 2. The number of methoxy groups -OCH3 is 3. The maximum Gasteiger partial charge on any atom is 0.226 e. The fourth-order valence-electron chi connectivity index (χ4n) is 4.45. The van der Waals surface area contributed by atoms with E-state index in [9.17, 15) is 9.59 Å². The summed E-state index contributed by atoms with van der Waals surface area (Å²) in [6.45, 7) is 3.04. The Morgan fingerprint density at radius 1 is 0.833 bits per heavy atom. The van der Waals surface area contributed by atoms with Gasteiger partial charge in [-0.1, -0.05) is 12.8 Å². The van der Waals surface area contributed by atoms with Crippen molar-refractivity contribution in [2.45, 2.75) is 44.9 Å². The summed E-state index contributed by atoms with van der Waals surface area (Å²) in [4.78, 5) is 29.6. The molecule has 0 aromatic heterocycles. The zero-order chi connectivity index (χ0) is 21.5. The Kier molecular flexibility index (Phi) is 7.82. The normalized spacial score (nSPS) is 18.0. The number of carbonyl (C=O) groups excluding carboxylic acids is 2. The molecule has 0 aliphatic carbocycles. The molecular formula is C23H34N2O5. The van der Waals surface area contributed by atoms with Crippen molar-refractivity contribution in [1.82, 2.24) is 9.80 Å². The maximum absolute atomic E-state index is 12.9. The minimum Gasteiger partial charge on any atom is -0.493 e. The first-order valence-electron chi connectivity index (χ1n) is 10.9. The van der Waals surface area contributed by atoms with Gasteiger partial charge in [-0.2, -0.15) is 0 Å². The summed E-state index contributed by atoms with van der Waals surface area (Å²) >= 11 is 0. The highest BCUT2D eigenvalue weighted by Crippen LogP contribution is 2.38. The fraction of sp³-hybridized carbons (Fsp3) is 0.652. The van der Waals surface area contributed by atoms with Crippen LogP contribution in [0.5, 0.6) is 17.2 Å². The van der Waals surface area contributed by atoms with E-state index in [1.165, 1.54) is 12.8 Å². The summed E-state index contributed by atoms with van der Waals surface area (Å²) in [5.41, 5.74) is 0.817. The quantitative estimate of drug-likeness (QED) is 0.711. The van der Waals surface area contributed by atoms with Gasteiger partial charge in [-0.05, 0) is 43.4 Å². The van der Waals surface area contributed by atoms with Crippen molar-refractivity contribution in [1.29, 1.82) is 0 Å². The molecule has 0 spiro atoms. The summed E-state index contributed by atoms with van der Waals surface area (Å²) in [5, 5.41) is 0. The number of piperidine rings is 1. The Hall–Kier alpha value is -2.44. The van der Waals surface area contributed by atoms with E-state index in [0.29, 0.717) is 30.3 Å². The first kappa shape index (κ1) is 22.2. The van der Waals surface area contributed by atoms with E-state index in [2.05, 4.69) is 0 Å². The molecule has 0 saturated carbocycles. The molecule has 166 valence electrons. The summed E-state index contributed by atoms with van der Waals surface area (Å²) < 4.78 is 16.1. The Bertz CT molecular complexity index is 710. The molecule has 3 rings (SSSR count). The van der Waals surface area contributed by atoms with Crippen LogP contribution in [0.1, 0.15) is 44.1 Å². The van der Waals surface area contributed by atoms with Gasteiger partial charge in [-0.3, -0.25) is 9.59 Å². The van der Waals surface area contributed by atoms with Gasteiger partial charge in [0, 0.05) is 32.1 Å². The molecule has 2 amide bonds. The van der Waals surface area contributed by atoms with E-state index in [4.69, 9.17) is 14.2 Å². The second-order valence-electron chi connectivity index (χ2n) is 8.10. The second-order valence-corrected chi connectivity index (χ2v) is 8.10. The number of likely N-dealkylation sites (tertiary alicyclic amines) is 2. The van der Waals surface area contributed by atoms with Crippen LogP contribution in [0, 0.1) is 5.92 Å². The summed E-state index contributed by atoms with van der Waals surface area (Å²) in [5.74, 6) is 2.00. The van der Waals surface area contributed by atoms with Crippen LogP contribution in [-0.2, 0) is 16.0 Å². The Balaban J connectivity index is 1.57. The monoisotopic (exact) mass is 418 g/mol. The van der Waals surface area contributed by atoms with Crippen molar-refractivity contribution >= 4 is 11.8 Å². The predicted molar refractivity (Wildman–Crippen MR) is 114 cm³/mol. The highest BCUT2D eigenvalue weighted by atomic mass is 16.5. The summed E-state index contributed by atoms with van der Waals surface area (Å²) in [6, 6.07) is 3.63. The Morgan fingerprint density at radius 2 is 1.40 bits per heavy atom. The minimum absolute atomic E-state index is 0.0494. The highest BCUT2D eigenvalue weighted by Gasteiger charge is 2.30. The zero-order valence-corrected chi connectivity index (χ0v) is 18.4. The van der Waals surface area contributed by atoms with Crippen LogP contribution in [0.15, 0.2) is 12.1 Å². The zero-order valence-electron chi connectivity index (χ0n) is 18.4. The predicted octanol–water partition coefficient (Wildman–Crippen LogP) is 2.90. The third-order valence-corrected chi connectivity index (χ3v) is 6.19. The molecule has 0 unspecified atom stereocenters. The molecule has 7 heteroatoms. The topological polar surface area (TPSA) is 68.3 Å². The SMILES string of the molecule is COc1cc(CC(=O)N2CCC(C(=O)N3CCCCCC3)CC2)cc(OC)c1OC. The molecule has 2 saturated heterocycles. The van der Waals surface area contributed by atoms with E-state index in [0.717, 1.165) is 44.3 Å². The van der Waals surface area contributed by atoms with E-state index in [-0.39, 0.29) is 24.2 Å². The third-order valence-electron chi connectivity index (χ3n) is 6.19. The van der Waals surface area contributed by atoms with E-state index in [1.807, 2.05) is 21.9 Å². The average molecular weight is 419 g/mol. The van der Waals surface area contributed by atoms with Gasteiger partial charge in [0.15, 0.2) is 11.5 Å². The molecule has 0 bridgehead atoms. The van der Waals surface area contributed by atoms with E-state index >= 15 is 0 Å². The molecule has 2 aliphatic rings. The smallest absolute Gasteiger partial charge is 0.226 e. The standard InChI is InChI=1S/C23H34N2O5/c1-28-19-14-17(15-20(29-2)22(19)30-3)16-21(26)24-12-8-18(9-13-24)23(27)25-10-6-4-5-7-11-25/h14-15,18H,4-13,16H2,1-3H3. The van der Waals surface area contributed by atoms with Gasteiger partial charge < -0.3 is 24.0 Å². The molecule has 2 aliphatic heterocycles. The van der Waals surface area contributed by atoms with Crippen molar-refractivity contribution in [2.75, 3.05) is 47.5 Å². The number of rotatable bonds is 6. The van der Waals surface area contributed by atoms with Crippen molar-refractivity contribution < 1.29 is 23.8 Å². The minimum atomic E-state index is 0.0494. The van der Waals surface area contributed by atoms with Crippen LogP contribution in [0.2, 0.25) is 0 Å². The number of hydrogen-bond donors (Lipinski definition) is 0. The Morgan fingerprint density at radius 3 is 1.90 bits per heavy atom. The van der Waals surface area contributed by atoms with Crippen LogP contribution >= 0.6 is 0 Å². The van der Waals surface area contributed by atoms with E-state index < -0.39 is 0 Å². The lowest BCUT2D eigenvalue weighted by Crippen LogP contribution is -2.45. The van der Waals surface area contributed by atoms with Crippen molar-refractivity contribution in [3.8, 4) is 17.2 Å². The van der Waals surface area contributed by atoms with Gasteiger partial charge in [0.2, 0.25) is 17.6 Å². The highest BCUT2D eigenvalue weighted by molar-refractivity contribution is 5.81. The third kappa shape index (κ3) is 5.18. The molecule has 0 N–H and O–H groups in total. The molecule has 7 nitrogen and oxygen atoms in total. The molecule has 2 fully saturated rings. The second kappa shape index (κ2) is 10.5. The van der Waals surface area contributed by atoms with E-state index in [1.54, 1.807) is 21.3 Å². The first-order valence-corrected chi connectivity index (χ1v) is 10.9. The van der Waals surface area contributed by atoms with Gasteiger partial charge >= 0.3 is 0 Å². The summed E-state index contributed by atoms with van der Waals surface area (Å²) in [7, 11) is 4.69. The van der Waals surface area contributed by atoms with Gasteiger partial charge in [0.1, 0.15) is 0 Å². The first-order chi connectivity index (χ1) is 14.6. The van der Waals surface area contributed by atoms with Gasteiger partial charge in [0.05, 0.1) is 27.8 Å². The van der Waals surface area contributed by atoms with Gasteiger partial charge in [0.25, 0.3) is 0 Å². The average Bonchev–Trinajstić information content (AvgIpc) is 3.07. The lowest BCUT2D eigenvalue weighted by atomic mass is 9.94.